The number of carbonyl (C=O) groups is 1. The number of rotatable bonds is 5. The van der Waals surface area contributed by atoms with Crippen LogP contribution in [0.15, 0.2) is 17.2 Å². The summed E-state index contributed by atoms with van der Waals surface area (Å²) >= 11 is 1.51. The Balaban J connectivity index is 2.37. The molecule has 0 aliphatic rings. The Bertz CT molecular complexity index is 677. The van der Waals surface area contributed by atoms with Crippen LogP contribution in [0, 0.1) is 0 Å². The van der Waals surface area contributed by atoms with Crippen molar-refractivity contribution in [1.29, 1.82) is 0 Å². The van der Waals surface area contributed by atoms with E-state index in [1.807, 2.05) is 13.0 Å². The molecule has 0 fully saturated rings. The molecule has 1 atom stereocenters. The van der Waals surface area contributed by atoms with Crippen molar-refractivity contribution in [3.63, 3.8) is 0 Å². The second kappa shape index (κ2) is 6.15. The number of aryl methyl sites for hydroxylation is 1. The molecule has 2 aromatic heterocycles. The highest BCUT2D eigenvalue weighted by Crippen LogP contribution is 2.21. The summed E-state index contributed by atoms with van der Waals surface area (Å²) in [4.78, 5) is 30.4. The maximum absolute atomic E-state index is 12.4. The van der Waals surface area contributed by atoms with Gasteiger partial charge in [0.05, 0.1) is 11.7 Å². The van der Waals surface area contributed by atoms with E-state index in [9.17, 15) is 9.59 Å². The first-order valence-corrected chi connectivity index (χ1v) is 7.37. The van der Waals surface area contributed by atoms with Crippen LogP contribution in [0.2, 0.25) is 0 Å². The quantitative estimate of drug-likeness (QED) is 0.847. The van der Waals surface area contributed by atoms with Gasteiger partial charge in [-0.1, -0.05) is 6.92 Å². The molecule has 2 rings (SSSR count). The van der Waals surface area contributed by atoms with Gasteiger partial charge < -0.3 is 11.1 Å². The van der Waals surface area contributed by atoms with Gasteiger partial charge >= 0.3 is 0 Å². The molecule has 7 heteroatoms. The molecule has 0 aliphatic heterocycles. The summed E-state index contributed by atoms with van der Waals surface area (Å²) in [6.07, 6.45) is 2.31. The normalized spacial score (nSPS) is 12.6. The van der Waals surface area contributed by atoms with E-state index < -0.39 is 6.04 Å². The van der Waals surface area contributed by atoms with Crippen LogP contribution in [0.1, 0.15) is 24.8 Å². The summed E-state index contributed by atoms with van der Waals surface area (Å²) in [7, 11) is 0. The molecule has 0 aliphatic carbocycles. The lowest BCUT2D eigenvalue weighted by molar-refractivity contribution is -0.123. The Labute approximate surface area is 120 Å². The number of nitrogens with one attached hydrogen (secondary N) is 1. The first-order valence-electron chi connectivity index (χ1n) is 6.55. The van der Waals surface area contributed by atoms with Crippen LogP contribution in [0.25, 0.3) is 10.2 Å². The molecule has 0 radical (unpaired) electrons. The fourth-order valence-corrected chi connectivity index (χ4v) is 2.83. The fraction of sp³-hybridized carbons (Fsp3) is 0.462. The van der Waals surface area contributed by atoms with E-state index >= 15 is 0 Å². The van der Waals surface area contributed by atoms with Crippen LogP contribution in [0.3, 0.4) is 0 Å². The van der Waals surface area contributed by atoms with Crippen molar-refractivity contribution in [1.82, 2.24) is 14.9 Å². The van der Waals surface area contributed by atoms with Gasteiger partial charge in [0.25, 0.3) is 5.56 Å². The molecule has 1 unspecified atom stereocenters. The average molecular weight is 294 g/mol. The molecule has 2 heterocycles. The highest BCUT2D eigenvalue weighted by atomic mass is 32.1. The molecule has 0 spiro atoms. The maximum Gasteiger partial charge on any atom is 0.262 e. The van der Waals surface area contributed by atoms with Crippen molar-refractivity contribution in [2.45, 2.75) is 26.3 Å². The Morgan fingerprint density at radius 3 is 3.00 bits per heavy atom. The SMILES string of the molecule is CCc1cc2c(=O)n(C(C)C(=O)NCCN)cnc2s1. The van der Waals surface area contributed by atoms with E-state index in [0.29, 0.717) is 18.5 Å². The van der Waals surface area contributed by atoms with E-state index in [1.54, 1.807) is 6.92 Å². The van der Waals surface area contributed by atoms with Crippen molar-refractivity contribution < 1.29 is 4.79 Å². The number of carbonyl (C=O) groups excluding carboxylic acids is 1. The third-order valence-electron chi connectivity index (χ3n) is 3.12. The number of amides is 1. The van der Waals surface area contributed by atoms with Crippen molar-refractivity contribution in [3.05, 3.63) is 27.6 Å². The topological polar surface area (TPSA) is 90.0 Å². The Morgan fingerprint density at radius 2 is 2.35 bits per heavy atom. The highest BCUT2D eigenvalue weighted by molar-refractivity contribution is 7.18. The number of hydrogen-bond acceptors (Lipinski definition) is 5. The predicted molar refractivity (Wildman–Crippen MR) is 80.0 cm³/mol. The molecule has 0 saturated heterocycles. The number of fused-ring (bicyclic) bond motifs is 1. The van der Waals surface area contributed by atoms with Gasteiger partial charge in [0.2, 0.25) is 5.91 Å². The predicted octanol–water partition coefficient (Wildman–Crippen LogP) is 0.656. The molecular weight excluding hydrogens is 276 g/mol. The van der Waals surface area contributed by atoms with Gasteiger partial charge in [0.1, 0.15) is 10.9 Å². The van der Waals surface area contributed by atoms with Gasteiger partial charge in [-0.05, 0) is 19.4 Å². The van der Waals surface area contributed by atoms with Crippen LogP contribution in [-0.4, -0.2) is 28.5 Å². The van der Waals surface area contributed by atoms with Gasteiger partial charge in [0, 0.05) is 18.0 Å². The van der Waals surface area contributed by atoms with E-state index in [-0.39, 0.29) is 11.5 Å². The largest absolute Gasteiger partial charge is 0.353 e. The smallest absolute Gasteiger partial charge is 0.262 e. The number of hydrogen-bond donors (Lipinski definition) is 2. The summed E-state index contributed by atoms with van der Waals surface area (Å²) < 4.78 is 1.36. The minimum absolute atomic E-state index is 0.179. The van der Waals surface area contributed by atoms with E-state index in [4.69, 9.17) is 5.73 Å². The first-order chi connectivity index (χ1) is 9.58. The number of nitrogens with two attached hydrogens (primary N) is 1. The number of thiophene rings is 1. The standard InChI is InChI=1S/C13H18N4O2S/c1-3-9-6-10-12(20-9)16-7-17(13(10)19)8(2)11(18)15-5-4-14/h6-8H,3-5,14H2,1-2H3,(H,15,18). The van der Waals surface area contributed by atoms with E-state index in [0.717, 1.165) is 16.1 Å². The van der Waals surface area contributed by atoms with Crippen molar-refractivity contribution in [2.24, 2.45) is 5.73 Å². The van der Waals surface area contributed by atoms with Gasteiger partial charge in [-0.3, -0.25) is 14.2 Å². The molecule has 2 aromatic rings. The second-order valence-corrected chi connectivity index (χ2v) is 5.61. The fourth-order valence-electron chi connectivity index (χ4n) is 1.91. The summed E-state index contributed by atoms with van der Waals surface area (Å²) in [5.74, 6) is -0.232. The summed E-state index contributed by atoms with van der Waals surface area (Å²) in [6, 6.07) is 1.26. The molecule has 1 amide bonds. The van der Waals surface area contributed by atoms with E-state index in [2.05, 4.69) is 10.3 Å². The zero-order chi connectivity index (χ0) is 14.7. The first kappa shape index (κ1) is 14.7. The Morgan fingerprint density at radius 1 is 1.60 bits per heavy atom. The van der Waals surface area contributed by atoms with Crippen LogP contribution in [0.4, 0.5) is 0 Å². The van der Waals surface area contributed by atoms with Gasteiger partial charge in [-0.2, -0.15) is 0 Å². The zero-order valence-electron chi connectivity index (χ0n) is 11.5. The second-order valence-electron chi connectivity index (χ2n) is 4.50. The van der Waals surface area contributed by atoms with Gasteiger partial charge in [-0.25, -0.2) is 4.98 Å². The molecule has 0 aromatic carbocycles. The Kier molecular flexibility index (Phi) is 4.51. The third-order valence-corrected chi connectivity index (χ3v) is 4.30. The van der Waals surface area contributed by atoms with Gasteiger partial charge in [0.15, 0.2) is 0 Å². The van der Waals surface area contributed by atoms with Crippen molar-refractivity contribution >= 4 is 27.5 Å². The summed E-state index contributed by atoms with van der Waals surface area (Å²) in [5, 5.41) is 3.25. The van der Waals surface area contributed by atoms with Crippen molar-refractivity contribution in [2.75, 3.05) is 13.1 Å². The molecule has 3 N–H and O–H groups in total. The van der Waals surface area contributed by atoms with Crippen LogP contribution in [-0.2, 0) is 11.2 Å². The van der Waals surface area contributed by atoms with Crippen molar-refractivity contribution in [3.8, 4) is 0 Å². The Hall–Kier alpha value is -1.73. The summed E-state index contributed by atoms with van der Waals surface area (Å²) in [5.41, 5.74) is 5.16. The molecular formula is C13H18N4O2S. The van der Waals surface area contributed by atoms with Crippen LogP contribution in [0.5, 0.6) is 0 Å². The molecule has 20 heavy (non-hydrogen) atoms. The number of aromatic nitrogens is 2. The lowest BCUT2D eigenvalue weighted by atomic mass is 10.2. The summed E-state index contributed by atoms with van der Waals surface area (Å²) in [6.45, 7) is 4.47. The minimum atomic E-state index is -0.601. The third kappa shape index (κ3) is 2.73. The maximum atomic E-state index is 12.4. The zero-order valence-corrected chi connectivity index (χ0v) is 12.4. The minimum Gasteiger partial charge on any atom is -0.353 e. The molecule has 108 valence electrons. The van der Waals surface area contributed by atoms with E-state index in [1.165, 1.54) is 22.2 Å². The van der Waals surface area contributed by atoms with Crippen LogP contribution < -0.4 is 16.6 Å². The van der Waals surface area contributed by atoms with Crippen LogP contribution >= 0.6 is 11.3 Å². The highest BCUT2D eigenvalue weighted by Gasteiger charge is 2.17. The average Bonchev–Trinajstić information content (AvgIpc) is 2.88. The monoisotopic (exact) mass is 294 g/mol. The molecule has 0 bridgehead atoms. The lowest BCUT2D eigenvalue weighted by Gasteiger charge is -2.14. The van der Waals surface area contributed by atoms with Gasteiger partial charge in [-0.15, -0.1) is 11.3 Å². The molecule has 6 nitrogen and oxygen atoms in total. The lowest BCUT2D eigenvalue weighted by Crippen LogP contribution is -2.37. The molecule has 0 saturated carbocycles. The number of nitrogens with zero attached hydrogens (tertiary/aromatic N) is 2.